The maximum atomic E-state index is 5.34. The van der Waals surface area contributed by atoms with Crippen LogP contribution in [0.2, 0.25) is 0 Å². The van der Waals surface area contributed by atoms with Gasteiger partial charge >= 0.3 is 45.1 Å². The standard InChI is InChI=1S/2C14H15.C2H4.2ClH.Ti/c2*1-10(2)13-7-5-4-6-12-8-11(3)9-14(12)13;1-2;;;/h2*4-7,9-10H,1-3H3;1H,2H3;2*1H;/q2*-1;;;;+2/p-2. The summed E-state index contributed by atoms with van der Waals surface area (Å²) in [5.74, 6) is 1.14. The van der Waals surface area contributed by atoms with E-state index in [9.17, 15) is 0 Å². The Morgan fingerprint density at radius 1 is 0.697 bits per heavy atom. The Labute approximate surface area is 214 Å². The average Bonchev–Trinajstić information content (AvgIpc) is 3.14. The Kier molecular flexibility index (Phi) is 11.3. The predicted octanol–water partition coefficient (Wildman–Crippen LogP) is 9.78. The van der Waals surface area contributed by atoms with Crippen LogP contribution < -0.4 is 0 Å². The fraction of sp³-hybridized carbons (Fsp3) is 0.300. The van der Waals surface area contributed by atoms with Gasteiger partial charge in [-0.2, -0.15) is 23.3 Å². The molecule has 0 aromatic carbocycles. The SMILES string of the molecule is C[CH]=[Ti]([Cl])[Cl].Cc1[c-]c2ccccc(C(C)C)c-2c1.Cc1[c-]c2ccccc(C(C)C)c-2c1. The Hall–Kier alpha value is -1.44. The van der Waals surface area contributed by atoms with Crippen LogP contribution in [0.5, 0.6) is 0 Å². The van der Waals surface area contributed by atoms with Crippen molar-refractivity contribution in [3.05, 3.63) is 95.1 Å². The van der Waals surface area contributed by atoms with Crippen molar-refractivity contribution in [3.63, 3.8) is 0 Å². The van der Waals surface area contributed by atoms with Crippen LogP contribution in [-0.4, -0.2) is 4.31 Å². The van der Waals surface area contributed by atoms with Gasteiger partial charge in [0.2, 0.25) is 0 Å². The molecule has 4 aliphatic carbocycles. The molecule has 33 heavy (non-hydrogen) atoms. The Morgan fingerprint density at radius 2 is 1.03 bits per heavy atom. The van der Waals surface area contributed by atoms with Crippen molar-refractivity contribution >= 4 is 22.9 Å². The van der Waals surface area contributed by atoms with Crippen LogP contribution in [0.25, 0.3) is 22.3 Å². The first-order valence-corrected chi connectivity index (χ1v) is 16.6. The first-order chi connectivity index (χ1) is 15.6. The smallest absolute Gasteiger partial charge is 0.0308 e. The second-order valence-corrected chi connectivity index (χ2v) is 14.8. The molecule has 3 heteroatoms. The summed E-state index contributed by atoms with van der Waals surface area (Å²) in [5.41, 5.74) is 10.4. The summed E-state index contributed by atoms with van der Waals surface area (Å²) in [6.45, 7) is 15.0. The van der Waals surface area contributed by atoms with Gasteiger partial charge in [-0.1, -0.05) is 76.9 Å². The minimum Gasteiger partial charge on any atom is -0.165 e. The fourth-order valence-corrected chi connectivity index (χ4v) is 3.77. The van der Waals surface area contributed by atoms with E-state index in [1.165, 1.54) is 44.5 Å². The molecule has 0 N–H and O–H groups in total. The van der Waals surface area contributed by atoms with Crippen LogP contribution in [0.1, 0.15) is 68.7 Å². The maximum Gasteiger partial charge on any atom is -0.0308 e. The Balaban J connectivity index is 0.000000195. The topological polar surface area (TPSA) is 0 Å². The largest absolute Gasteiger partial charge is 0.165 e. The summed E-state index contributed by atoms with van der Waals surface area (Å²) in [6.07, 6.45) is 0. The second-order valence-electron chi connectivity index (χ2n) is 8.79. The molecule has 0 aromatic heterocycles. The number of rotatable bonds is 2. The first kappa shape index (κ1) is 27.8. The van der Waals surface area contributed by atoms with E-state index >= 15 is 0 Å². The molecule has 0 amide bonds. The molecular formula is C30H34Cl2Ti-2. The molecule has 0 radical (unpaired) electrons. The van der Waals surface area contributed by atoms with Gasteiger partial charge in [-0.15, -0.1) is 58.7 Å². The van der Waals surface area contributed by atoms with Crippen LogP contribution in [0.15, 0.2) is 60.7 Å². The van der Waals surface area contributed by atoms with Crippen molar-refractivity contribution in [2.75, 3.05) is 0 Å². The van der Waals surface area contributed by atoms with Gasteiger partial charge in [-0.3, -0.25) is 0 Å². The molecule has 0 saturated heterocycles. The minimum atomic E-state index is -1.54. The molecule has 0 fully saturated rings. The van der Waals surface area contributed by atoms with Crippen molar-refractivity contribution in [2.24, 2.45) is 0 Å². The molecule has 4 aliphatic rings. The van der Waals surface area contributed by atoms with E-state index in [0.29, 0.717) is 11.8 Å². The van der Waals surface area contributed by atoms with Gasteiger partial charge in [0.1, 0.15) is 0 Å². The third-order valence-corrected chi connectivity index (χ3v) is 7.83. The zero-order valence-electron chi connectivity index (χ0n) is 20.8. The first-order valence-electron chi connectivity index (χ1n) is 11.4. The summed E-state index contributed by atoms with van der Waals surface area (Å²) >= 11 is -1.54. The van der Waals surface area contributed by atoms with E-state index in [1.807, 2.05) is 11.2 Å². The van der Waals surface area contributed by atoms with Crippen molar-refractivity contribution in [2.45, 2.75) is 60.3 Å². The van der Waals surface area contributed by atoms with E-state index in [0.717, 1.165) is 0 Å². The van der Waals surface area contributed by atoms with Crippen LogP contribution in [0, 0.1) is 26.0 Å². The number of aryl methyl sites for hydroxylation is 2. The van der Waals surface area contributed by atoms with Gasteiger partial charge in [-0.25, -0.2) is 0 Å². The molecular weight excluding hydrogens is 479 g/mol. The van der Waals surface area contributed by atoms with Gasteiger partial charge in [0.25, 0.3) is 0 Å². The van der Waals surface area contributed by atoms with Crippen molar-refractivity contribution in [1.29, 1.82) is 0 Å². The van der Waals surface area contributed by atoms with E-state index in [1.54, 1.807) is 0 Å². The molecule has 174 valence electrons. The maximum absolute atomic E-state index is 5.34. The Bertz CT molecular complexity index is 1040. The molecule has 0 unspecified atom stereocenters. The quantitative estimate of drug-likeness (QED) is 0.185. The van der Waals surface area contributed by atoms with Gasteiger partial charge in [0.05, 0.1) is 0 Å². The second kappa shape index (κ2) is 13.5. The summed E-state index contributed by atoms with van der Waals surface area (Å²) < 4.78 is 1.86. The fourth-order valence-electron chi connectivity index (χ4n) is 3.77. The summed E-state index contributed by atoms with van der Waals surface area (Å²) in [6, 6.07) is 28.3. The number of hydrogen-bond acceptors (Lipinski definition) is 0. The summed E-state index contributed by atoms with van der Waals surface area (Å²) in [4.78, 5) is 0. The van der Waals surface area contributed by atoms with Crippen molar-refractivity contribution in [1.82, 2.24) is 0 Å². The molecule has 0 aliphatic heterocycles. The van der Waals surface area contributed by atoms with E-state index in [-0.39, 0.29) is 0 Å². The third kappa shape index (κ3) is 8.38. The van der Waals surface area contributed by atoms with Gasteiger partial charge in [0, 0.05) is 0 Å². The van der Waals surface area contributed by atoms with Crippen molar-refractivity contribution < 1.29 is 15.3 Å². The van der Waals surface area contributed by atoms with Gasteiger partial charge < -0.3 is 0 Å². The normalized spacial score (nSPS) is 10.5. The molecule has 4 rings (SSSR count). The van der Waals surface area contributed by atoms with Crippen LogP contribution in [0.3, 0.4) is 0 Å². The minimum absolute atomic E-state index is 0.570. The van der Waals surface area contributed by atoms with Crippen LogP contribution >= 0.6 is 18.6 Å². The average molecular weight is 513 g/mol. The number of fused-ring (bicyclic) bond motifs is 2. The third-order valence-electron chi connectivity index (χ3n) is 5.35. The van der Waals surface area contributed by atoms with Crippen LogP contribution in [-0.2, 0) is 15.3 Å². The predicted molar refractivity (Wildman–Crippen MR) is 145 cm³/mol. The molecule has 0 atom stereocenters. The van der Waals surface area contributed by atoms with Crippen LogP contribution in [0.4, 0.5) is 0 Å². The zero-order chi connectivity index (χ0) is 24.5. The summed E-state index contributed by atoms with van der Waals surface area (Å²) in [7, 11) is 10.7. The molecule has 0 heterocycles. The molecule has 0 bridgehead atoms. The number of hydrogen-bond donors (Lipinski definition) is 0. The Morgan fingerprint density at radius 3 is 1.33 bits per heavy atom. The van der Waals surface area contributed by atoms with Gasteiger partial charge in [0.15, 0.2) is 0 Å². The monoisotopic (exact) mass is 512 g/mol. The molecule has 0 saturated carbocycles. The summed E-state index contributed by atoms with van der Waals surface area (Å²) in [5, 5.41) is 0. The molecule has 0 nitrogen and oxygen atoms in total. The van der Waals surface area contributed by atoms with Crippen molar-refractivity contribution in [3.8, 4) is 22.3 Å². The van der Waals surface area contributed by atoms with E-state index < -0.39 is 15.3 Å². The molecule has 0 spiro atoms. The van der Waals surface area contributed by atoms with E-state index in [4.69, 9.17) is 18.6 Å². The zero-order valence-corrected chi connectivity index (χ0v) is 23.8. The van der Waals surface area contributed by atoms with Gasteiger partial charge in [-0.05, 0) is 11.8 Å². The number of halogens is 2. The van der Waals surface area contributed by atoms with E-state index in [2.05, 4.69) is 114 Å². The molecule has 0 aromatic rings.